The Morgan fingerprint density at radius 2 is 1.85 bits per heavy atom. The van der Waals surface area contributed by atoms with Gasteiger partial charge < -0.3 is 22.4 Å². The molecular formula is C12H22BF3NO3-. The van der Waals surface area contributed by atoms with Crippen LogP contribution in [-0.4, -0.2) is 41.4 Å². The molecule has 20 heavy (non-hydrogen) atoms. The molecule has 0 bridgehead atoms. The number of amides is 1. The van der Waals surface area contributed by atoms with E-state index >= 15 is 0 Å². The van der Waals surface area contributed by atoms with Crippen LogP contribution in [0.2, 0.25) is 6.32 Å². The zero-order valence-corrected chi connectivity index (χ0v) is 12.7. The van der Waals surface area contributed by atoms with Gasteiger partial charge in [-0.1, -0.05) is 6.32 Å². The first-order valence-corrected chi connectivity index (χ1v) is 6.64. The van der Waals surface area contributed by atoms with Crippen LogP contribution in [0.3, 0.4) is 0 Å². The first-order chi connectivity index (χ1) is 8.73. The molecular weight excluding hydrogens is 274 g/mol. The largest absolute Gasteiger partial charge is 0.480 e. The number of hydrogen-bond acceptors (Lipinski definition) is 3. The summed E-state index contributed by atoms with van der Waals surface area (Å²) >= 11 is 0. The molecule has 8 heteroatoms. The predicted molar refractivity (Wildman–Crippen MR) is 70.4 cm³/mol. The number of carbonyl (C=O) groups excluding carboxylic acids is 1. The van der Waals surface area contributed by atoms with Gasteiger partial charge in [-0.05, 0) is 41.5 Å². The normalized spacial score (nSPS) is 26.8. The molecule has 1 rings (SSSR count). The summed E-state index contributed by atoms with van der Waals surface area (Å²) in [7, 11) is 0. The molecule has 1 aliphatic rings. The number of halogens is 3. The molecule has 4 nitrogen and oxygen atoms in total. The first kappa shape index (κ1) is 17.1. The summed E-state index contributed by atoms with van der Waals surface area (Å²) in [5.74, 6) is 0. The molecule has 118 valence electrons. The van der Waals surface area contributed by atoms with Gasteiger partial charge in [-0.15, -0.1) is 0 Å². The maximum Gasteiger partial charge on any atom is 0.480 e. The molecule has 1 amide bonds. The molecule has 0 spiro atoms. The quantitative estimate of drug-likeness (QED) is 0.731. The Balaban J connectivity index is 2.99. The predicted octanol–water partition coefficient (Wildman–Crippen LogP) is 3.59. The van der Waals surface area contributed by atoms with E-state index in [0.717, 1.165) is 4.90 Å². The summed E-state index contributed by atoms with van der Waals surface area (Å²) < 4.78 is 48.9. The Bertz CT molecular complexity index is 379. The van der Waals surface area contributed by atoms with Crippen molar-refractivity contribution in [2.75, 3.05) is 0 Å². The standard InChI is InChI=1S/C12H22BF3NO3/c1-8-9(7-13(14,15)16)17(12(5,6)19-8)10(18)20-11(2,3)4/h8-9H,7H2,1-6H3/q-1/t8-,9-/m1/s1. The van der Waals surface area contributed by atoms with Crippen LogP contribution in [0.4, 0.5) is 17.7 Å². The Hall–Kier alpha value is -0.915. The molecule has 0 aromatic rings. The highest BCUT2D eigenvalue weighted by atomic mass is 19.4. The number of ether oxygens (including phenoxy) is 2. The summed E-state index contributed by atoms with van der Waals surface area (Å²) in [6.07, 6.45) is -2.53. The highest BCUT2D eigenvalue weighted by Crippen LogP contribution is 2.37. The van der Waals surface area contributed by atoms with Crippen LogP contribution in [-0.2, 0) is 9.47 Å². The van der Waals surface area contributed by atoms with Crippen molar-refractivity contribution >= 4 is 13.1 Å². The molecule has 0 N–H and O–H groups in total. The van der Waals surface area contributed by atoms with Gasteiger partial charge in [0.1, 0.15) is 11.3 Å². The van der Waals surface area contributed by atoms with Crippen molar-refractivity contribution in [2.45, 2.75) is 71.3 Å². The maximum atomic E-state index is 12.7. The zero-order chi connectivity index (χ0) is 15.9. The number of carbonyl (C=O) groups is 1. The fraction of sp³-hybridized carbons (Fsp3) is 0.917. The third-order valence-electron chi connectivity index (χ3n) is 3.03. The first-order valence-electron chi connectivity index (χ1n) is 6.64. The van der Waals surface area contributed by atoms with E-state index in [0.29, 0.717) is 0 Å². The van der Waals surface area contributed by atoms with E-state index in [1.54, 1.807) is 41.5 Å². The topological polar surface area (TPSA) is 38.8 Å². The van der Waals surface area contributed by atoms with Crippen LogP contribution in [0.1, 0.15) is 41.5 Å². The maximum absolute atomic E-state index is 12.7. The molecule has 0 aromatic heterocycles. The summed E-state index contributed by atoms with van der Waals surface area (Å²) in [5.41, 5.74) is -1.89. The summed E-state index contributed by atoms with van der Waals surface area (Å²) in [6.45, 7) is 4.66. The average molecular weight is 296 g/mol. The smallest absolute Gasteiger partial charge is 0.449 e. The van der Waals surface area contributed by atoms with Crippen molar-refractivity contribution in [3.63, 3.8) is 0 Å². The minimum absolute atomic E-state index is 0.694. The summed E-state index contributed by atoms with van der Waals surface area (Å²) in [6, 6.07) is -1.06. The van der Waals surface area contributed by atoms with E-state index in [-0.39, 0.29) is 0 Å². The number of hydrogen-bond donors (Lipinski definition) is 0. The van der Waals surface area contributed by atoms with Crippen molar-refractivity contribution in [1.29, 1.82) is 0 Å². The lowest BCUT2D eigenvalue weighted by molar-refractivity contribution is -0.0754. The minimum Gasteiger partial charge on any atom is -0.449 e. The summed E-state index contributed by atoms with van der Waals surface area (Å²) in [4.78, 5) is 13.2. The van der Waals surface area contributed by atoms with E-state index < -0.39 is 42.9 Å². The Labute approximate surface area is 117 Å². The van der Waals surface area contributed by atoms with Crippen molar-refractivity contribution in [3.8, 4) is 0 Å². The van der Waals surface area contributed by atoms with Crippen LogP contribution >= 0.6 is 0 Å². The van der Waals surface area contributed by atoms with Gasteiger partial charge in [0, 0.05) is 6.04 Å². The van der Waals surface area contributed by atoms with Gasteiger partial charge >= 0.3 is 13.1 Å². The Kier molecular flexibility index (Phi) is 4.39. The lowest BCUT2D eigenvalue weighted by Gasteiger charge is -2.36. The van der Waals surface area contributed by atoms with Gasteiger partial charge in [0.25, 0.3) is 0 Å². The SMILES string of the molecule is C[C@H]1OC(C)(C)N(C(=O)OC(C)(C)C)[C@@H]1C[B-](F)(F)F. The van der Waals surface area contributed by atoms with Crippen molar-refractivity contribution in [3.05, 3.63) is 0 Å². The molecule has 1 saturated heterocycles. The van der Waals surface area contributed by atoms with Crippen LogP contribution in [0.5, 0.6) is 0 Å². The molecule has 1 heterocycles. The highest BCUT2D eigenvalue weighted by molar-refractivity contribution is 6.58. The van der Waals surface area contributed by atoms with E-state index in [1.165, 1.54) is 0 Å². The second-order valence-corrected chi connectivity index (χ2v) is 6.63. The van der Waals surface area contributed by atoms with Gasteiger partial charge in [0.2, 0.25) is 0 Å². The molecule has 0 unspecified atom stereocenters. The second kappa shape index (κ2) is 5.13. The lowest BCUT2D eigenvalue weighted by atomic mass is 9.79. The van der Waals surface area contributed by atoms with E-state index in [9.17, 15) is 17.7 Å². The zero-order valence-electron chi connectivity index (χ0n) is 12.7. The average Bonchev–Trinajstić information content (AvgIpc) is 2.29. The van der Waals surface area contributed by atoms with E-state index in [4.69, 9.17) is 9.47 Å². The Morgan fingerprint density at radius 1 is 1.35 bits per heavy atom. The van der Waals surface area contributed by atoms with Gasteiger partial charge in [0.15, 0.2) is 0 Å². The van der Waals surface area contributed by atoms with Gasteiger partial charge in [-0.25, -0.2) is 4.79 Å². The fourth-order valence-electron chi connectivity index (χ4n) is 2.44. The third-order valence-corrected chi connectivity index (χ3v) is 3.03. The summed E-state index contributed by atoms with van der Waals surface area (Å²) in [5, 5.41) is 0. The van der Waals surface area contributed by atoms with Crippen LogP contribution in [0, 0.1) is 0 Å². The van der Waals surface area contributed by atoms with E-state index in [2.05, 4.69) is 0 Å². The second-order valence-electron chi connectivity index (χ2n) is 6.63. The fourth-order valence-corrected chi connectivity index (χ4v) is 2.44. The highest BCUT2D eigenvalue weighted by Gasteiger charge is 2.51. The van der Waals surface area contributed by atoms with Crippen molar-refractivity contribution in [1.82, 2.24) is 4.90 Å². The van der Waals surface area contributed by atoms with Crippen LogP contribution in [0.15, 0.2) is 0 Å². The van der Waals surface area contributed by atoms with E-state index in [1.807, 2.05) is 0 Å². The molecule has 0 aromatic carbocycles. The van der Waals surface area contributed by atoms with Gasteiger partial charge in [-0.2, -0.15) is 0 Å². The van der Waals surface area contributed by atoms with Crippen molar-refractivity contribution < 1.29 is 27.2 Å². The number of rotatable bonds is 2. The molecule has 2 atom stereocenters. The van der Waals surface area contributed by atoms with Crippen LogP contribution in [0.25, 0.3) is 0 Å². The van der Waals surface area contributed by atoms with Gasteiger partial charge in [0.05, 0.1) is 6.10 Å². The lowest BCUT2D eigenvalue weighted by Crippen LogP contribution is -2.51. The molecule has 0 aliphatic carbocycles. The minimum atomic E-state index is -5.02. The van der Waals surface area contributed by atoms with Crippen molar-refractivity contribution in [2.24, 2.45) is 0 Å². The molecule has 1 aliphatic heterocycles. The monoisotopic (exact) mass is 296 g/mol. The molecule has 0 saturated carbocycles. The molecule has 1 fully saturated rings. The molecule has 0 radical (unpaired) electrons. The third kappa shape index (κ3) is 4.29. The van der Waals surface area contributed by atoms with Gasteiger partial charge in [-0.3, -0.25) is 4.90 Å². The van der Waals surface area contributed by atoms with Crippen LogP contribution < -0.4 is 0 Å². The number of nitrogens with zero attached hydrogens (tertiary/aromatic N) is 1. The Morgan fingerprint density at radius 3 is 2.25 bits per heavy atom.